The summed E-state index contributed by atoms with van der Waals surface area (Å²) < 4.78 is 26.8. The second kappa shape index (κ2) is 36.0. The maximum Gasteiger partial charge on any atom is 0.472 e. The predicted octanol–water partition coefficient (Wildman–Crippen LogP) is 10.2. The third-order valence-corrected chi connectivity index (χ3v) is 9.07. The van der Waals surface area contributed by atoms with Crippen molar-refractivity contribution in [2.75, 3.05) is 26.4 Å². The standard InChI is InChI=1S/C39H72NO8P/c1-3-5-7-9-11-13-15-17-18-20-22-24-26-28-30-32-39(43)46-35-37(41)36-48-49(44,45)47-34-33-40-38(42)31-29-27-25-23-21-19-16-14-12-10-8-6-4-2/h6,8,12,14,19,21,37,41H,3-5,7,9-11,13,15-18,20,22-36H2,1-2H3,(H,40,42)(H,44,45)/b8-6-,14-12-,21-19-. The van der Waals surface area contributed by atoms with Crippen molar-refractivity contribution in [3.05, 3.63) is 36.5 Å². The van der Waals surface area contributed by atoms with Gasteiger partial charge in [-0.2, -0.15) is 0 Å². The smallest absolute Gasteiger partial charge is 0.463 e. The van der Waals surface area contributed by atoms with Crippen molar-refractivity contribution < 1.29 is 37.9 Å². The van der Waals surface area contributed by atoms with Crippen molar-refractivity contribution in [3.63, 3.8) is 0 Å². The summed E-state index contributed by atoms with van der Waals surface area (Å²) in [6.45, 7) is 3.40. The molecule has 0 aliphatic rings. The monoisotopic (exact) mass is 713 g/mol. The molecule has 0 heterocycles. The molecule has 10 heteroatoms. The number of nitrogens with one attached hydrogen (secondary N) is 1. The van der Waals surface area contributed by atoms with Crippen LogP contribution in [0.25, 0.3) is 0 Å². The molecule has 0 fully saturated rings. The lowest BCUT2D eigenvalue weighted by atomic mass is 10.0. The minimum atomic E-state index is -4.42. The molecular formula is C39H72NO8P. The van der Waals surface area contributed by atoms with Gasteiger partial charge in [-0.25, -0.2) is 4.57 Å². The SMILES string of the molecule is CC/C=C\C/C=C\C/C=C\CCCCCC(=O)NCCOP(=O)(O)OCC(O)COC(=O)CCCCCCCCCCCCCCCCC. The number of esters is 1. The zero-order chi connectivity index (χ0) is 36.1. The van der Waals surface area contributed by atoms with E-state index < -0.39 is 26.5 Å². The largest absolute Gasteiger partial charge is 0.472 e. The molecule has 0 radical (unpaired) electrons. The molecule has 0 rings (SSSR count). The lowest BCUT2D eigenvalue weighted by molar-refractivity contribution is -0.147. The van der Waals surface area contributed by atoms with Gasteiger partial charge in [0.05, 0.1) is 13.2 Å². The summed E-state index contributed by atoms with van der Waals surface area (Å²) in [4.78, 5) is 33.7. The maximum atomic E-state index is 12.0. The molecule has 0 aliphatic carbocycles. The number of rotatable bonds is 36. The molecule has 9 nitrogen and oxygen atoms in total. The van der Waals surface area contributed by atoms with Gasteiger partial charge >= 0.3 is 13.8 Å². The predicted molar refractivity (Wildman–Crippen MR) is 201 cm³/mol. The Kier molecular flexibility index (Phi) is 34.7. The number of aliphatic hydroxyl groups is 1. The first-order chi connectivity index (χ1) is 23.8. The van der Waals surface area contributed by atoms with Crippen molar-refractivity contribution in [1.29, 1.82) is 0 Å². The number of amides is 1. The van der Waals surface area contributed by atoms with E-state index in [1.165, 1.54) is 77.0 Å². The highest BCUT2D eigenvalue weighted by Crippen LogP contribution is 2.42. The highest BCUT2D eigenvalue weighted by molar-refractivity contribution is 7.47. The van der Waals surface area contributed by atoms with Crippen LogP contribution in [0.2, 0.25) is 0 Å². The molecule has 0 saturated heterocycles. The number of hydrogen-bond acceptors (Lipinski definition) is 7. The fourth-order valence-electron chi connectivity index (χ4n) is 5.16. The Bertz CT molecular complexity index is 907. The van der Waals surface area contributed by atoms with Gasteiger partial charge in [-0.1, -0.05) is 147 Å². The third-order valence-electron chi connectivity index (χ3n) is 8.08. The average molecular weight is 714 g/mol. The fourth-order valence-corrected chi connectivity index (χ4v) is 5.92. The summed E-state index contributed by atoms with van der Waals surface area (Å²) in [6.07, 6.45) is 37.9. The zero-order valence-corrected chi connectivity index (χ0v) is 32.0. The van der Waals surface area contributed by atoms with Crippen LogP contribution in [-0.2, 0) is 27.9 Å². The van der Waals surface area contributed by atoms with Crippen LogP contribution >= 0.6 is 7.82 Å². The minimum Gasteiger partial charge on any atom is -0.463 e. The number of aliphatic hydroxyl groups excluding tert-OH is 1. The summed E-state index contributed by atoms with van der Waals surface area (Å²) in [5.41, 5.74) is 0. The van der Waals surface area contributed by atoms with Crippen molar-refractivity contribution in [2.24, 2.45) is 0 Å². The Balaban J connectivity index is 3.64. The summed E-state index contributed by atoms with van der Waals surface area (Å²) in [5.74, 6) is -0.545. The first-order valence-electron chi connectivity index (χ1n) is 19.5. The van der Waals surface area contributed by atoms with E-state index in [-0.39, 0.29) is 32.1 Å². The lowest BCUT2D eigenvalue weighted by Gasteiger charge is -2.15. The van der Waals surface area contributed by atoms with Crippen molar-refractivity contribution in [1.82, 2.24) is 5.32 Å². The number of phosphoric acid groups is 1. The van der Waals surface area contributed by atoms with Crippen LogP contribution in [0.1, 0.15) is 168 Å². The van der Waals surface area contributed by atoms with E-state index in [4.69, 9.17) is 13.8 Å². The van der Waals surface area contributed by atoms with Crippen LogP contribution in [0, 0.1) is 0 Å². The Labute approximate surface area is 299 Å². The van der Waals surface area contributed by atoms with Gasteiger partial charge in [-0.15, -0.1) is 0 Å². The number of hydrogen-bond donors (Lipinski definition) is 3. The Hall–Kier alpha value is -1.77. The number of carbonyl (C=O) groups is 2. The normalized spacial score (nSPS) is 13.8. The summed E-state index contributed by atoms with van der Waals surface area (Å²) in [6, 6.07) is 0. The van der Waals surface area contributed by atoms with Crippen molar-refractivity contribution >= 4 is 19.7 Å². The van der Waals surface area contributed by atoms with Gasteiger partial charge in [0.25, 0.3) is 0 Å². The van der Waals surface area contributed by atoms with Crippen molar-refractivity contribution in [3.8, 4) is 0 Å². The van der Waals surface area contributed by atoms with E-state index in [1.54, 1.807) is 0 Å². The number of ether oxygens (including phenoxy) is 1. The summed E-state index contributed by atoms with van der Waals surface area (Å²) in [5, 5.41) is 12.6. The van der Waals surface area contributed by atoms with Crippen LogP contribution in [-0.4, -0.2) is 54.3 Å². The minimum absolute atomic E-state index is 0.0662. The number of allylic oxidation sites excluding steroid dienone is 6. The highest BCUT2D eigenvalue weighted by atomic mass is 31.2. The zero-order valence-electron chi connectivity index (χ0n) is 31.1. The van der Waals surface area contributed by atoms with Crippen LogP contribution < -0.4 is 5.32 Å². The molecule has 0 aromatic carbocycles. The quantitative estimate of drug-likeness (QED) is 0.0253. The van der Waals surface area contributed by atoms with Gasteiger partial charge < -0.3 is 20.1 Å². The number of carbonyl (C=O) groups excluding carboxylic acids is 2. The molecule has 2 atom stereocenters. The average Bonchev–Trinajstić information content (AvgIpc) is 3.08. The van der Waals surface area contributed by atoms with Gasteiger partial charge in [0.1, 0.15) is 12.7 Å². The Morgan fingerprint density at radius 1 is 0.653 bits per heavy atom. The molecule has 0 spiro atoms. The molecule has 286 valence electrons. The molecule has 0 aliphatic heterocycles. The van der Waals surface area contributed by atoms with Crippen LogP contribution in [0.3, 0.4) is 0 Å². The van der Waals surface area contributed by atoms with Gasteiger partial charge in [0, 0.05) is 19.4 Å². The summed E-state index contributed by atoms with van der Waals surface area (Å²) in [7, 11) is -4.42. The van der Waals surface area contributed by atoms with E-state index in [1.807, 2.05) is 0 Å². The number of unbranched alkanes of at least 4 members (excludes halogenated alkanes) is 17. The van der Waals surface area contributed by atoms with Crippen LogP contribution in [0.5, 0.6) is 0 Å². The Morgan fingerprint density at radius 3 is 1.76 bits per heavy atom. The molecule has 2 unspecified atom stereocenters. The van der Waals surface area contributed by atoms with Gasteiger partial charge in [0.15, 0.2) is 0 Å². The molecule has 1 amide bonds. The van der Waals surface area contributed by atoms with Gasteiger partial charge in [-0.3, -0.25) is 18.6 Å². The number of phosphoric ester groups is 1. The second-order valence-corrected chi connectivity index (χ2v) is 14.3. The van der Waals surface area contributed by atoms with E-state index in [9.17, 15) is 24.2 Å². The first-order valence-corrected chi connectivity index (χ1v) is 21.0. The van der Waals surface area contributed by atoms with Crippen LogP contribution in [0.4, 0.5) is 0 Å². The molecule has 0 aromatic heterocycles. The van der Waals surface area contributed by atoms with Gasteiger partial charge in [0.2, 0.25) is 5.91 Å². The fraction of sp³-hybridized carbons (Fsp3) is 0.795. The highest BCUT2D eigenvalue weighted by Gasteiger charge is 2.23. The van der Waals surface area contributed by atoms with Crippen molar-refractivity contribution in [2.45, 2.75) is 174 Å². The molecule has 3 N–H and O–H groups in total. The molecule has 0 bridgehead atoms. The molecule has 49 heavy (non-hydrogen) atoms. The second-order valence-electron chi connectivity index (χ2n) is 12.9. The van der Waals surface area contributed by atoms with E-state index in [0.29, 0.717) is 6.42 Å². The molecule has 0 aromatic rings. The Morgan fingerprint density at radius 2 is 1.16 bits per heavy atom. The topological polar surface area (TPSA) is 131 Å². The van der Waals surface area contributed by atoms with Gasteiger partial charge in [-0.05, 0) is 44.9 Å². The summed E-state index contributed by atoms with van der Waals surface area (Å²) >= 11 is 0. The lowest BCUT2D eigenvalue weighted by Crippen LogP contribution is -2.27. The molecular weight excluding hydrogens is 641 g/mol. The van der Waals surface area contributed by atoms with Crippen LogP contribution in [0.15, 0.2) is 36.5 Å². The van der Waals surface area contributed by atoms with E-state index in [2.05, 4.69) is 55.6 Å². The van der Waals surface area contributed by atoms with E-state index >= 15 is 0 Å². The maximum absolute atomic E-state index is 12.0. The van der Waals surface area contributed by atoms with E-state index in [0.717, 1.165) is 64.2 Å². The third kappa shape index (κ3) is 37.3. The first kappa shape index (κ1) is 47.2. The molecule has 0 saturated carbocycles.